The summed E-state index contributed by atoms with van der Waals surface area (Å²) in [6.45, 7) is 7.74. The minimum Gasteiger partial charge on any atom is -0.461 e. The average Bonchev–Trinajstić information content (AvgIpc) is 2.23. The molecule has 0 aromatic carbocycles. The number of aliphatic hydroxyl groups is 1. The van der Waals surface area contributed by atoms with Crippen molar-refractivity contribution in [2.24, 2.45) is 0 Å². The van der Waals surface area contributed by atoms with E-state index in [1.54, 1.807) is 6.92 Å². The second kappa shape index (κ2) is 6.80. The zero-order valence-electron chi connectivity index (χ0n) is 10.1. The van der Waals surface area contributed by atoms with E-state index < -0.39 is 11.6 Å². The smallest absolute Gasteiger partial charge is 0.337 e. The molecule has 0 radical (unpaired) electrons. The molecular weight excluding hydrogens is 196 g/mol. The maximum Gasteiger partial charge on any atom is 0.337 e. The van der Waals surface area contributed by atoms with Crippen LogP contribution in [0.25, 0.3) is 0 Å². The molecule has 15 heavy (non-hydrogen) atoms. The van der Waals surface area contributed by atoms with Gasteiger partial charge in [0.1, 0.15) is 6.61 Å². The SMILES string of the molecule is CCC(C)OCCOC(=O)C(C)(O)CC. The Balaban J connectivity index is 3.64. The van der Waals surface area contributed by atoms with Crippen LogP contribution in [0.4, 0.5) is 0 Å². The lowest BCUT2D eigenvalue weighted by molar-refractivity contribution is -0.165. The summed E-state index contributed by atoms with van der Waals surface area (Å²) in [5.41, 5.74) is -1.38. The highest BCUT2D eigenvalue weighted by atomic mass is 16.6. The van der Waals surface area contributed by atoms with Gasteiger partial charge in [0.2, 0.25) is 0 Å². The molecule has 0 saturated carbocycles. The number of carbonyl (C=O) groups is 1. The minimum atomic E-state index is -1.38. The highest BCUT2D eigenvalue weighted by Gasteiger charge is 2.29. The molecule has 0 heterocycles. The zero-order valence-corrected chi connectivity index (χ0v) is 10.1. The summed E-state index contributed by atoms with van der Waals surface area (Å²) in [4.78, 5) is 11.3. The minimum absolute atomic E-state index is 0.176. The van der Waals surface area contributed by atoms with Gasteiger partial charge in [-0.25, -0.2) is 4.79 Å². The lowest BCUT2D eigenvalue weighted by Crippen LogP contribution is -2.36. The van der Waals surface area contributed by atoms with Crippen molar-refractivity contribution in [1.29, 1.82) is 0 Å². The Morgan fingerprint density at radius 3 is 2.47 bits per heavy atom. The fourth-order valence-electron chi connectivity index (χ4n) is 0.801. The summed E-state index contributed by atoms with van der Waals surface area (Å²) < 4.78 is 10.2. The molecule has 0 bridgehead atoms. The third kappa shape index (κ3) is 5.74. The summed E-state index contributed by atoms with van der Waals surface area (Å²) in [7, 11) is 0. The monoisotopic (exact) mass is 218 g/mol. The van der Waals surface area contributed by atoms with Crippen LogP contribution in [0.1, 0.15) is 40.5 Å². The van der Waals surface area contributed by atoms with E-state index in [1.807, 2.05) is 13.8 Å². The zero-order chi connectivity index (χ0) is 11.9. The van der Waals surface area contributed by atoms with Crippen molar-refractivity contribution in [3.05, 3.63) is 0 Å². The third-order valence-corrected chi connectivity index (χ3v) is 2.42. The largest absolute Gasteiger partial charge is 0.461 e. The highest BCUT2D eigenvalue weighted by Crippen LogP contribution is 2.10. The average molecular weight is 218 g/mol. The van der Waals surface area contributed by atoms with Crippen molar-refractivity contribution < 1.29 is 19.4 Å². The van der Waals surface area contributed by atoms with Gasteiger partial charge in [-0.15, -0.1) is 0 Å². The molecule has 4 heteroatoms. The van der Waals surface area contributed by atoms with Gasteiger partial charge in [-0.2, -0.15) is 0 Å². The van der Waals surface area contributed by atoms with Crippen LogP contribution in [0.5, 0.6) is 0 Å². The third-order valence-electron chi connectivity index (χ3n) is 2.42. The van der Waals surface area contributed by atoms with Gasteiger partial charge >= 0.3 is 5.97 Å². The van der Waals surface area contributed by atoms with Gasteiger partial charge in [-0.3, -0.25) is 0 Å². The van der Waals surface area contributed by atoms with Crippen molar-refractivity contribution in [3.8, 4) is 0 Å². The van der Waals surface area contributed by atoms with Crippen LogP contribution in [0.15, 0.2) is 0 Å². The van der Waals surface area contributed by atoms with Crippen LogP contribution in [0.3, 0.4) is 0 Å². The van der Waals surface area contributed by atoms with Gasteiger partial charge in [0.15, 0.2) is 5.60 Å². The van der Waals surface area contributed by atoms with Crippen LogP contribution in [-0.2, 0) is 14.3 Å². The van der Waals surface area contributed by atoms with Gasteiger partial charge in [0.25, 0.3) is 0 Å². The summed E-state index contributed by atoms with van der Waals surface area (Å²) in [6, 6.07) is 0. The molecule has 0 rings (SSSR count). The Kier molecular flexibility index (Phi) is 6.52. The van der Waals surface area contributed by atoms with E-state index in [1.165, 1.54) is 6.92 Å². The summed E-state index contributed by atoms with van der Waals surface area (Å²) in [5, 5.41) is 9.53. The number of hydrogen-bond donors (Lipinski definition) is 1. The summed E-state index contributed by atoms with van der Waals surface area (Å²) >= 11 is 0. The van der Waals surface area contributed by atoms with Crippen LogP contribution in [-0.4, -0.2) is 36.0 Å². The van der Waals surface area contributed by atoms with Gasteiger partial charge < -0.3 is 14.6 Å². The standard InChI is InChI=1S/C11H22O4/c1-5-9(3)14-7-8-15-10(12)11(4,13)6-2/h9,13H,5-8H2,1-4H3. The predicted molar refractivity (Wildman–Crippen MR) is 57.6 cm³/mol. The first-order chi connectivity index (χ1) is 6.94. The molecule has 0 aromatic heterocycles. The molecular formula is C11H22O4. The fraction of sp³-hybridized carbons (Fsp3) is 0.909. The lowest BCUT2D eigenvalue weighted by atomic mass is 10.1. The molecule has 90 valence electrons. The van der Waals surface area contributed by atoms with Gasteiger partial charge in [-0.1, -0.05) is 13.8 Å². The van der Waals surface area contributed by atoms with Crippen molar-refractivity contribution >= 4 is 5.97 Å². The normalized spacial score (nSPS) is 16.9. The quantitative estimate of drug-likeness (QED) is 0.520. The molecule has 0 aromatic rings. The topological polar surface area (TPSA) is 55.8 Å². The second-order valence-corrected chi connectivity index (χ2v) is 3.85. The molecule has 2 unspecified atom stereocenters. The van der Waals surface area contributed by atoms with E-state index >= 15 is 0 Å². The van der Waals surface area contributed by atoms with Crippen LogP contribution < -0.4 is 0 Å². The first-order valence-corrected chi connectivity index (χ1v) is 5.45. The van der Waals surface area contributed by atoms with E-state index in [0.29, 0.717) is 13.0 Å². The van der Waals surface area contributed by atoms with Crippen molar-refractivity contribution in [2.75, 3.05) is 13.2 Å². The fourth-order valence-corrected chi connectivity index (χ4v) is 0.801. The van der Waals surface area contributed by atoms with Crippen molar-refractivity contribution in [2.45, 2.75) is 52.2 Å². The van der Waals surface area contributed by atoms with E-state index in [9.17, 15) is 9.90 Å². The molecule has 1 N–H and O–H groups in total. The first kappa shape index (κ1) is 14.4. The maximum absolute atomic E-state index is 11.3. The van der Waals surface area contributed by atoms with Crippen LogP contribution >= 0.6 is 0 Å². The molecule has 2 atom stereocenters. The molecule has 0 saturated heterocycles. The van der Waals surface area contributed by atoms with Gasteiger partial charge in [-0.05, 0) is 26.7 Å². The number of carbonyl (C=O) groups excluding carboxylic acids is 1. The Hall–Kier alpha value is -0.610. The molecule has 4 nitrogen and oxygen atoms in total. The van der Waals surface area contributed by atoms with Crippen LogP contribution in [0.2, 0.25) is 0 Å². The van der Waals surface area contributed by atoms with Crippen molar-refractivity contribution in [1.82, 2.24) is 0 Å². The van der Waals surface area contributed by atoms with E-state index in [4.69, 9.17) is 9.47 Å². The maximum atomic E-state index is 11.3. The number of ether oxygens (including phenoxy) is 2. The summed E-state index contributed by atoms with van der Waals surface area (Å²) in [5.74, 6) is -0.585. The van der Waals surface area contributed by atoms with E-state index in [-0.39, 0.29) is 12.7 Å². The number of rotatable bonds is 7. The molecule has 0 aliphatic rings. The number of hydrogen-bond acceptors (Lipinski definition) is 4. The Morgan fingerprint density at radius 1 is 1.40 bits per heavy atom. The molecule has 0 spiro atoms. The van der Waals surface area contributed by atoms with Crippen LogP contribution in [0, 0.1) is 0 Å². The van der Waals surface area contributed by atoms with E-state index in [0.717, 1.165) is 6.42 Å². The Labute approximate surface area is 91.6 Å². The van der Waals surface area contributed by atoms with Crippen molar-refractivity contribution in [3.63, 3.8) is 0 Å². The number of esters is 1. The Morgan fingerprint density at radius 2 is 2.00 bits per heavy atom. The lowest BCUT2D eigenvalue weighted by Gasteiger charge is -2.19. The van der Waals surface area contributed by atoms with Gasteiger partial charge in [0, 0.05) is 0 Å². The van der Waals surface area contributed by atoms with Gasteiger partial charge in [0.05, 0.1) is 12.7 Å². The highest BCUT2D eigenvalue weighted by molar-refractivity contribution is 5.78. The first-order valence-electron chi connectivity index (χ1n) is 5.45. The van der Waals surface area contributed by atoms with E-state index in [2.05, 4.69) is 0 Å². The second-order valence-electron chi connectivity index (χ2n) is 3.85. The molecule has 0 aliphatic carbocycles. The molecule has 0 fully saturated rings. The molecule has 0 amide bonds. The Bertz CT molecular complexity index is 189. The molecule has 0 aliphatic heterocycles. The summed E-state index contributed by atoms with van der Waals surface area (Å²) in [6.07, 6.45) is 1.45. The predicted octanol–water partition coefficient (Wildman–Crippen LogP) is 1.51.